The number of pyridine rings is 3. The van der Waals surface area contributed by atoms with Crippen molar-refractivity contribution in [3.05, 3.63) is 84.1 Å². The van der Waals surface area contributed by atoms with Gasteiger partial charge in [0.1, 0.15) is 17.6 Å². The fraction of sp³-hybridized carbons (Fsp3) is 0.233. The molecule has 0 N–H and O–H groups in total. The van der Waals surface area contributed by atoms with E-state index in [0.717, 1.165) is 58.7 Å². The Morgan fingerprint density at radius 2 is 1.85 bits per heavy atom. The smallest absolute Gasteiger partial charge is 0.157 e. The summed E-state index contributed by atoms with van der Waals surface area (Å²) in [4.78, 5) is 13.6. The van der Waals surface area contributed by atoms with Gasteiger partial charge in [-0.25, -0.2) is 18.9 Å². The second-order valence-corrected chi connectivity index (χ2v) is 10.4. The highest BCUT2D eigenvalue weighted by Gasteiger charge is 2.44. The van der Waals surface area contributed by atoms with Gasteiger partial charge in [-0.05, 0) is 42.2 Å². The number of rotatable bonds is 5. The molecule has 5 aromatic rings. The lowest BCUT2D eigenvalue weighted by Gasteiger charge is -2.56. The molecule has 10 heteroatoms. The van der Waals surface area contributed by atoms with Gasteiger partial charge in [-0.2, -0.15) is 15.5 Å². The number of aromatic nitrogens is 6. The number of aryl methyl sites for hydroxylation is 1. The highest BCUT2D eigenvalue weighted by Crippen LogP contribution is 2.37. The number of piperidine rings is 1. The molecular weight excluding hydrogens is 505 g/mol. The molecule has 9 nitrogen and oxygen atoms in total. The van der Waals surface area contributed by atoms with E-state index in [0.29, 0.717) is 24.2 Å². The predicted molar refractivity (Wildman–Crippen MR) is 147 cm³/mol. The monoisotopic (exact) mass is 529 g/mol. The van der Waals surface area contributed by atoms with Gasteiger partial charge >= 0.3 is 0 Å². The maximum absolute atomic E-state index is 14.1. The van der Waals surface area contributed by atoms with Crippen LogP contribution in [0.1, 0.15) is 23.2 Å². The Labute approximate surface area is 230 Å². The Bertz CT molecular complexity index is 1830. The van der Waals surface area contributed by atoms with Crippen molar-refractivity contribution in [2.45, 2.75) is 25.0 Å². The number of halogens is 1. The minimum Gasteiger partial charge on any atom is -0.353 e. The molecule has 196 valence electrons. The second kappa shape index (κ2) is 9.30. The van der Waals surface area contributed by atoms with Crippen LogP contribution >= 0.6 is 0 Å². The molecule has 2 bridgehead atoms. The first-order valence-electron chi connectivity index (χ1n) is 13.0. The summed E-state index contributed by atoms with van der Waals surface area (Å²) in [6, 6.07) is 10.7. The molecule has 3 saturated heterocycles. The van der Waals surface area contributed by atoms with Crippen LogP contribution in [-0.4, -0.2) is 59.4 Å². The first-order chi connectivity index (χ1) is 19.5. The Morgan fingerprint density at radius 3 is 2.52 bits per heavy atom. The van der Waals surface area contributed by atoms with Crippen molar-refractivity contribution in [2.75, 3.05) is 18.0 Å². The summed E-state index contributed by atoms with van der Waals surface area (Å²) in [6.07, 6.45) is 17.2. The largest absolute Gasteiger partial charge is 0.353 e. The second-order valence-electron chi connectivity index (χ2n) is 10.4. The van der Waals surface area contributed by atoms with Gasteiger partial charge in [0.25, 0.3) is 0 Å². The van der Waals surface area contributed by atoms with E-state index in [1.165, 1.54) is 6.07 Å². The molecule has 3 aliphatic rings. The minimum absolute atomic E-state index is 0.0508. The Kier molecular flexibility index (Phi) is 5.58. The lowest BCUT2D eigenvalue weighted by Crippen LogP contribution is -2.68. The molecule has 0 aliphatic carbocycles. The molecule has 3 aliphatic heterocycles. The van der Waals surface area contributed by atoms with E-state index in [9.17, 15) is 9.65 Å². The number of fused-ring (bicyclic) bond motifs is 3. The molecule has 3 fully saturated rings. The molecule has 2 unspecified atom stereocenters. The number of hydrogen-bond donors (Lipinski definition) is 0. The summed E-state index contributed by atoms with van der Waals surface area (Å²) in [5.74, 6) is 2.74. The lowest BCUT2D eigenvalue weighted by molar-refractivity contribution is -0.00882. The number of nitrogens with zero attached hydrogens (tertiary/aromatic N) is 9. The Balaban J connectivity index is 1.12. The van der Waals surface area contributed by atoms with Crippen molar-refractivity contribution < 1.29 is 4.39 Å². The molecule has 40 heavy (non-hydrogen) atoms. The predicted octanol–water partition coefficient (Wildman–Crippen LogP) is 3.65. The third-order valence-corrected chi connectivity index (χ3v) is 7.90. The van der Waals surface area contributed by atoms with Crippen molar-refractivity contribution in [3.63, 3.8) is 0 Å². The molecule has 0 spiro atoms. The third-order valence-electron chi connectivity index (χ3n) is 7.90. The molecule has 5 aromatic heterocycles. The Morgan fingerprint density at radius 1 is 1.00 bits per heavy atom. The maximum Gasteiger partial charge on any atom is 0.157 e. The van der Waals surface area contributed by atoms with Gasteiger partial charge in [0, 0.05) is 85.8 Å². The summed E-state index contributed by atoms with van der Waals surface area (Å²) in [5.41, 5.74) is 5.86. The Hall–Kier alpha value is -5.06. The number of piperazine rings is 1. The molecule has 2 atom stereocenters. The van der Waals surface area contributed by atoms with Crippen molar-refractivity contribution in [1.29, 1.82) is 5.26 Å². The average molecular weight is 530 g/mol. The molecule has 0 amide bonds. The highest BCUT2D eigenvalue weighted by molar-refractivity contribution is 5.87. The third kappa shape index (κ3) is 3.98. The van der Waals surface area contributed by atoms with Crippen LogP contribution in [0.4, 0.5) is 10.2 Å². The quantitative estimate of drug-likeness (QED) is 0.321. The van der Waals surface area contributed by atoms with Crippen LogP contribution in [-0.2, 0) is 13.6 Å². The number of anilines is 1. The van der Waals surface area contributed by atoms with Crippen LogP contribution < -0.4 is 4.90 Å². The van der Waals surface area contributed by atoms with E-state index in [2.05, 4.69) is 49.1 Å². The number of hydrogen-bond acceptors (Lipinski definition) is 7. The van der Waals surface area contributed by atoms with Gasteiger partial charge in [0.2, 0.25) is 0 Å². The summed E-state index contributed by atoms with van der Waals surface area (Å²) >= 11 is 0. The molecular formula is C30H24FN9. The van der Waals surface area contributed by atoms with Crippen molar-refractivity contribution in [3.8, 4) is 40.7 Å². The molecule has 8 rings (SSSR count). The van der Waals surface area contributed by atoms with Crippen LogP contribution in [0.3, 0.4) is 0 Å². The van der Waals surface area contributed by atoms with Gasteiger partial charge in [0.15, 0.2) is 5.82 Å². The van der Waals surface area contributed by atoms with Crippen LogP contribution in [0.15, 0.2) is 61.4 Å². The van der Waals surface area contributed by atoms with E-state index in [4.69, 9.17) is 11.4 Å². The maximum atomic E-state index is 14.1. The first-order valence-corrected chi connectivity index (χ1v) is 13.0. The van der Waals surface area contributed by atoms with Crippen LogP contribution in [0.25, 0.3) is 27.8 Å². The summed E-state index contributed by atoms with van der Waals surface area (Å²) in [6.45, 7) is 2.35. The number of terminal acetylenes is 1. The van der Waals surface area contributed by atoms with Crippen LogP contribution in [0, 0.1) is 29.5 Å². The standard InChI is InChI=1S/C30H24FN9/c1-3-28-27(31)6-19(10-33-28)14-39-24-8-25(39)18-38(17-24)29-5-4-20(11-34-29)26-7-21(23-13-35-37(2)15-23)16-40-30(26)22(9-32)12-36-40/h1,4-7,10-13,15-16,24-25H,8,14,17-18H2,2H3. The molecule has 0 saturated carbocycles. The van der Waals surface area contributed by atoms with Gasteiger partial charge in [-0.15, -0.1) is 6.42 Å². The zero-order valence-corrected chi connectivity index (χ0v) is 21.7. The normalized spacial score (nSPS) is 18.4. The van der Waals surface area contributed by atoms with E-state index in [1.54, 1.807) is 21.6 Å². The molecule has 8 heterocycles. The zero-order valence-electron chi connectivity index (χ0n) is 21.7. The lowest BCUT2D eigenvalue weighted by atomic mass is 9.87. The summed E-state index contributed by atoms with van der Waals surface area (Å²) < 4.78 is 17.6. The van der Waals surface area contributed by atoms with Gasteiger partial charge in [-0.3, -0.25) is 9.58 Å². The van der Waals surface area contributed by atoms with E-state index in [1.807, 2.05) is 37.9 Å². The van der Waals surface area contributed by atoms with E-state index >= 15 is 0 Å². The fourth-order valence-corrected chi connectivity index (χ4v) is 5.90. The average Bonchev–Trinajstić information content (AvgIpc) is 3.61. The van der Waals surface area contributed by atoms with Crippen molar-refractivity contribution in [2.24, 2.45) is 7.05 Å². The first kappa shape index (κ1) is 24.0. The molecule has 0 aromatic carbocycles. The van der Waals surface area contributed by atoms with Crippen molar-refractivity contribution >= 4 is 11.3 Å². The fourth-order valence-electron chi connectivity index (χ4n) is 5.90. The zero-order chi connectivity index (χ0) is 27.4. The molecule has 0 radical (unpaired) electrons. The summed E-state index contributed by atoms with van der Waals surface area (Å²) in [5, 5.41) is 18.4. The SMILES string of the molecule is C#Cc1ncc(CN2C3CC2CN(c2ccc(-c4cc(-c5cnn(C)c5)cn5ncc(C#N)c45)cn2)C3)cc1F. The summed E-state index contributed by atoms with van der Waals surface area (Å²) in [7, 11) is 1.88. The van der Waals surface area contributed by atoms with Crippen LogP contribution in [0.5, 0.6) is 0 Å². The number of nitriles is 1. The van der Waals surface area contributed by atoms with Gasteiger partial charge in [-0.1, -0.05) is 0 Å². The van der Waals surface area contributed by atoms with E-state index < -0.39 is 5.82 Å². The minimum atomic E-state index is -0.447. The van der Waals surface area contributed by atoms with Gasteiger partial charge in [0.05, 0.1) is 23.5 Å². The van der Waals surface area contributed by atoms with Crippen molar-refractivity contribution in [1.82, 2.24) is 34.3 Å². The van der Waals surface area contributed by atoms with Gasteiger partial charge < -0.3 is 4.90 Å². The highest BCUT2D eigenvalue weighted by atomic mass is 19.1. The van der Waals surface area contributed by atoms with Crippen LogP contribution in [0.2, 0.25) is 0 Å². The topological polar surface area (TPSA) is 91.2 Å². The van der Waals surface area contributed by atoms with E-state index in [-0.39, 0.29) is 5.69 Å².